The van der Waals surface area contributed by atoms with E-state index < -0.39 is 23.5 Å². The molecule has 1 aromatic rings. The molecule has 0 aliphatic rings. The lowest BCUT2D eigenvalue weighted by molar-refractivity contribution is -0.141. The summed E-state index contributed by atoms with van der Waals surface area (Å²) in [6, 6.07) is 6.54. The van der Waals surface area contributed by atoms with Gasteiger partial charge in [0.05, 0.1) is 5.92 Å². The first kappa shape index (κ1) is 15.1. The van der Waals surface area contributed by atoms with E-state index in [4.69, 9.17) is 5.11 Å². The lowest BCUT2D eigenvalue weighted by Gasteiger charge is -2.07. The molecule has 0 spiro atoms. The first-order valence-corrected chi connectivity index (χ1v) is 6.23. The summed E-state index contributed by atoms with van der Waals surface area (Å²) < 4.78 is 0. The Hall–Kier alpha value is -1.97. The second-order valence-corrected chi connectivity index (χ2v) is 4.99. The van der Waals surface area contributed by atoms with Gasteiger partial charge in [-0.1, -0.05) is 45.0 Å². The topological polar surface area (TPSA) is 71.4 Å². The molecule has 1 rings (SSSR count). The molecular weight excluding hydrogens is 244 g/mol. The van der Waals surface area contributed by atoms with E-state index in [1.807, 2.05) is 0 Å². The van der Waals surface area contributed by atoms with Crippen LogP contribution in [0.4, 0.5) is 0 Å². The predicted molar refractivity (Wildman–Crippen MR) is 71.1 cm³/mol. The fourth-order valence-corrected chi connectivity index (χ4v) is 1.64. The maximum absolute atomic E-state index is 11.8. The van der Waals surface area contributed by atoms with Crippen LogP contribution in [-0.2, 0) is 16.0 Å². The first-order chi connectivity index (χ1) is 8.82. The van der Waals surface area contributed by atoms with Gasteiger partial charge in [-0.15, -0.1) is 0 Å². The molecule has 0 heterocycles. The smallest absolute Gasteiger partial charge is 0.306 e. The van der Waals surface area contributed by atoms with Crippen molar-refractivity contribution in [2.45, 2.75) is 27.2 Å². The number of benzene rings is 1. The van der Waals surface area contributed by atoms with Crippen molar-refractivity contribution in [2.24, 2.45) is 11.8 Å². The molecule has 0 saturated carbocycles. The minimum Gasteiger partial charge on any atom is -0.481 e. The lowest BCUT2D eigenvalue weighted by atomic mass is 9.96. The predicted octanol–water partition coefficient (Wildman–Crippen LogP) is 2.36. The average molecular weight is 262 g/mol. The van der Waals surface area contributed by atoms with Crippen molar-refractivity contribution >= 4 is 17.5 Å². The Kier molecular flexibility index (Phi) is 4.98. The summed E-state index contributed by atoms with van der Waals surface area (Å²) in [6.45, 7) is 5.00. The second-order valence-electron chi connectivity index (χ2n) is 4.99. The van der Waals surface area contributed by atoms with Crippen LogP contribution in [0.15, 0.2) is 24.3 Å². The van der Waals surface area contributed by atoms with Gasteiger partial charge in [-0.05, 0) is 12.0 Å². The summed E-state index contributed by atoms with van der Waals surface area (Å²) in [5, 5.41) is 8.82. The highest BCUT2D eigenvalue weighted by Crippen LogP contribution is 2.12. The molecule has 19 heavy (non-hydrogen) atoms. The zero-order valence-corrected chi connectivity index (χ0v) is 11.3. The highest BCUT2D eigenvalue weighted by molar-refractivity contribution is 6.44. The molecule has 0 bridgehead atoms. The van der Waals surface area contributed by atoms with Crippen LogP contribution in [0.5, 0.6) is 0 Å². The third-order valence-electron chi connectivity index (χ3n) is 2.93. The van der Waals surface area contributed by atoms with Gasteiger partial charge in [0.1, 0.15) is 0 Å². The molecule has 4 nitrogen and oxygen atoms in total. The second kappa shape index (κ2) is 6.27. The summed E-state index contributed by atoms with van der Waals surface area (Å²) in [5.41, 5.74) is 1.19. The van der Waals surface area contributed by atoms with Gasteiger partial charge in [0, 0.05) is 11.5 Å². The van der Waals surface area contributed by atoms with E-state index in [2.05, 4.69) is 0 Å². The van der Waals surface area contributed by atoms with Crippen LogP contribution in [0.25, 0.3) is 0 Å². The van der Waals surface area contributed by atoms with Crippen molar-refractivity contribution in [2.75, 3.05) is 0 Å². The first-order valence-electron chi connectivity index (χ1n) is 6.23. The van der Waals surface area contributed by atoms with Crippen LogP contribution in [0, 0.1) is 11.8 Å². The number of rotatable bonds is 6. The minimum absolute atomic E-state index is 0.320. The largest absolute Gasteiger partial charge is 0.481 e. The summed E-state index contributed by atoms with van der Waals surface area (Å²) in [5.74, 6) is -2.55. The molecule has 4 heteroatoms. The Morgan fingerprint density at radius 3 is 2.00 bits per heavy atom. The minimum atomic E-state index is -0.852. The number of hydrogen-bond donors (Lipinski definition) is 1. The molecule has 0 unspecified atom stereocenters. The van der Waals surface area contributed by atoms with Crippen LogP contribution in [0.3, 0.4) is 0 Å². The van der Waals surface area contributed by atoms with Crippen LogP contribution >= 0.6 is 0 Å². The number of carboxylic acid groups (broad SMARTS) is 1. The highest BCUT2D eigenvalue weighted by atomic mass is 16.4. The van der Waals surface area contributed by atoms with Gasteiger partial charge >= 0.3 is 5.97 Å². The van der Waals surface area contributed by atoms with Crippen LogP contribution in [0.1, 0.15) is 36.7 Å². The van der Waals surface area contributed by atoms with E-state index >= 15 is 0 Å². The SMILES string of the molecule is CC(C)C(=O)C(=O)c1ccc(C[C@H](C)C(=O)O)cc1. The average Bonchev–Trinajstić information content (AvgIpc) is 2.37. The Balaban J connectivity index is 2.79. The molecule has 1 N–H and O–H groups in total. The van der Waals surface area contributed by atoms with Crippen molar-refractivity contribution in [1.82, 2.24) is 0 Å². The van der Waals surface area contributed by atoms with E-state index in [0.717, 1.165) is 5.56 Å². The zero-order valence-electron chi connectivity index (χ0n) is 11.3. The number of carbonyl (C=O) groups is 3. The third-order valence-corrected chi connectivity index (χ3v) is 2.93. The van der Waals surface area contributed by atoms with Crippen molar-refractivity contribution < 1.29 is 19.5 Å². The number of Topliss-reactive ketones (excluding diaryl/α,β-unsaturated/α-hetero) is 2. The number of carboxylic acids is 1. The third kappa shape index (κ3) is 4.02. The molecule has 0 amide bonds. The van der Waals surface area contributed by atoms with Crippen molar-refractivity contribution in [1.29, 1.82) is 0 Å². The molecule has 0 aromatic heterocycles. The van der Waals surface area contributed by atoms with Gasteiger partial charge in [-0.3, -0.25) is 14.4 Å². The molecule has 0 aliphatic heterocycles. The van der Waals surface area contributed by atoms with Gasteiger partial charge in [0.25, 0.3) is 0 Å². The Bertz CT molecular complexity index is 485. The van der Waals surface area contributed by atoms with Gasteiger partial charge in [-0.2, -0.15) is 0 Å². The van der Waals surface area contributed by atoms with E-state index in [1.54, 1.807) is 45.0 Å². The molecule has 102 valence electrons. The van der Waals surface area contributed by atoms with E-state index in [0.29, 0.717) is 12.0 Å². The van der Waals surface area contributed by atoms with E-state index in [-0.39, 0.29) is 5.92 Å². The Labute approximate surface area is 112 Å². The van der Waals surface area contributed by atoms with E-state index in [9.17, 15) is 14.4 Å². The fraction of sp³-hybridized carbons (Fsp3) is 0.400. The van der Waals surface area contributed by atoms with Gasteiger partial charge in [0.2, 0.25) is 11.6 Å². The summed E-state index contributed by atoms with van der Waals surface area (Å²) in [4.78, 5) is 34.1. The number of ketones is 2. The molecule has 1 aromatic carbocycles. The molecule has 1 atom stereocenters. The number of aliphatic carboxylic acids is 1. The van der Waals surface area contributed by atoms with Crippen molar-refractivity contribution in [3.63, 3.8) is 0 Å². The Morgan fingerprint density at radius 2 is 1.58 bits per heavy atom. The molecule has 0 saturated heterocycles. The van der Waals surface area contributed by atoms with Crippen molar-refractivity contribution in [3.05, 3.63) is 35.4 Å². The summed E-state index contributed by atoms with van der Waals surface area (Å²) >= 11 is 0. The van der Waals surface area contributed by atoms with Crippen molar-refractivity contribution in [3.8, 4) is 0 Å². The van der Waals surface area contributed by atoms with Crippen LogP contribution in [0.2, 0.25) is 0 Å². The number of hydrogen-bond acceptors (Lipinski definition) is 3. The van der Waals surface area contributed by atoms with E-state index in [1.165, 1.54) is 0 Å². The molecule has 0 aliphatic carbocycles. The molecule has 0 fully saturated rings. The maximum Gasteiger partial charge on any atom is 0.306 e. The summed E-state index contributed by atoms with van der Waals surface area (Å²) in [7, 11) is 0. The van der Waals surface area contributed by atoms with Gasteiger partial charge in [-0.25, -0.2) is 0 Å². The van der Waals surface area contributed by atoms with Crippen LogP contribution in [-0.4, -0.2) is 22.6 Å². The zero-order chi connectivity index (χ0) is 14.6. The Morgan fingerprint density at radius 1 is 1.05 bits per heavy atom. The molecular formula is C15H18O4. The lowest BCUT2D eigenvalue weighted by Crippen LogP contribution is -2.19. The standard InChI is InChI=1S/C15H18O4/c1-9(2)13(16)14(17)12-6-4-11(5-7-12)8-10(3)15(18)19/h4-7,9-10H,8H2,1-3H3,(H,18,19)/t10-/m0/s1. The van der Waals surface area contributed by atoms with Crippen LogP contribution < -0.4 is 0 Å². The fourth-order valence-electron chi connectivity index (χ4n) is 1.64. The number of carbonyl (C=O) groups excluding carboxylic acids is 2. The monoisotopic (exact) mass is 262 g/mol. The summed E-state index contributed by atoms with van der Waals surface area (Å²) in [6.07, 6.45) is 0.405. The van der Waals surface area contributed by atoms with Gasteiger partial charge < -0.3 is 5.11 Å². The normalized spacial score (nSPS) is 12.2. The highest BCUT2D eigenvalue weighted by Gasteiger charge is 2.19. The molecule has 0 radical (unpaired) electrons. The quantitative estimate of drug-likeness (QED) is 0.631. The maximum atomic E-state index is 11.8. The van der Waals surface area contributed by atoms with Gasteiger partial charge in [0.15, 0.2) is 0 Å².